The molecule has 7 nitrogen and oxygen atoms in total. The molecule has 3 N–H and O–H groups in total. The van der Waals surface area contributed by atoms with Crippen molar-refractivity contribution in [2.75, 3.05) is 0 Å². The van der Waals surface area contributed by atoms with Crippen LogP contribution in [0.2, 0.25) is 0 Å². The number of hydrogen-bond acceptors (Lipinski definition) is 4. The normalized spacial score (nSPS) is 18.2. The highest BCUT2D eigenvalue weighted by Gasteiger charge is 2.48. The summed E-state index contributed by atoms with van der Waals surface area (Å²) in [6.07, 6.45) is 2.27. The maximum atomic E-state index is 12.8. The largest absolute Gasteiger partial charge is 0.391 e. The molecule has 1 aliphatic rings. The fourth-order valence-electron chi connectivity index (χ4n) is 3.72. The minimum Gasteiger partial charge on any atom is -0.391 e. The molecule has 3 aromatic rings. The third kappa shape index (κ3) is 3.62. The molecule has 2 heterocycles. The van der Waals surface area contributed by atoms with E-state index in [2.05, 4.69) is 10.6 Å². The van der Waals surface area contributed by atoms with Gasteiger partial charge in [-0.05, 0) is 35.2 Å². The van der Waals surface area contributed by atoms with E-state index in [4.69, 9.17) is 0 Å². The molecule has 0 saturated carbocycles. The van der Waals surface area contributed by atoms with Crippen molar-refractivity contribution >= 4 is 11.9 Å². The maximum absolute atomic E-state index is 12.8. The van der Waals surface area contributed by atoms with Crippen molar-refractivity contribution in [2.24, 2.45) is 0 Å². The number of benzene rings is 2. The summed E-state index contributed by atoms with van der Waals surface area (Å²) in [5, 5.41) is 14.3. The summed E-state index contributed by atoms with van der Waals surface area (Å²) in [6.45, 7) is -0.491. The van der Waals surface area contributed by atoms with Crippen molar-refractivity contribution in [1.29, 1.82) is 0 Å². The smallest absolute Gasteiger partial charge is 0.322 e. The van der Waals surface area contributed by atoms with Crippen LogP contribution in [0.5, 0.6) is 0 Å². The second kappa shape index (κ2) is 7.96. The zero-order chi connectivity index (χ0) is 21.1. The van der Waals surface area contributed by atoms with Gasteiger partial charge in [-0.1, -0.05) is 54.6 Å². The van der Waals surface area contributed by atoms with Crippen molar-refractivity contribution < 1.29 is 14.7 Å². The number of urea groups is 1. The van der Waals surface area contributed by atoms with Gasteiger partial charge in [0.05, 0.1) is 13.2 Å². The molecule has 0 aliphatic carbocycles. The molecular weight excluding hydrogens is 382 g/mol. The Morgan fingerprint density at radius 3 is 2.20 bits per heavy atom. The molecule has 3 amide bonds. The third-order valence-corrected chi connectivity index (χ3v) is 5.32. The first-order valence-electron chi connectivity index (χ1n) is 9.58. The summed E-state index contributed by atoms with van der Waals surface area (Å²) in [5.41, 5.74) is 1.19. The molecule has 0 spiro atoms. The summed E-state index contributed by atoms with van der Waals surface area (Å²) in [7, 11) is 0. The van der Waals surface area contributed by atoms with Crippen LogP contribution in [-0.4, -0.2) is 21.6 Å². The predicted molar refractivity (Wildman–Crippen MR) is 111 cm³/mol. The van der Waals surface area contributed by atoms with E-state index >= 15 is 0 Å². The lowest BCUT2D eigenvalue weighted by atomic mass is 9.88. The fraction of sp³-hybridized carbons (Fsp3) is 0.174. The lowest BCUT2D eigenvalue weighted by molar-refractivity contribution is -0.124. The zero-order valence-electron chi connectivity index (χ0n) is 16.2. The number of amides is 3. The molecule has 1 atom stereocenters. The molecule has 0 bridgehead atoms. The van der Waals surface area contributed by atoms with Crippen LogP contribution in [0.1, 0.15) is 22.3 Å². The Balaban J connectivity index is 1.69. The summed E-state index contributed by atoms with van der Waals surface area (Å²) >= 11 is 0. The number of nitrogens with zero attached hydrogens (tertiary/aromatic N) is 1. The molecule has 0 radical (unpaired) electrons. The van der Waals surface area contributed by atoms with E-state index in [-0.39, 0.29) is 12.1 Å². The van der Waals surface area contributed by atoms with E-state index < -0.39 is 29.6 Å². The van der Waals surface area contributed by atoms with E-state index in [0.29, 0.717) is 5.56 Å². The first-order chi connectivity index (χ1) is 14.5. The average Bonchev–Trinajstić information content (AvgIpc) is 3.04. The number of aliphatic hydroxyl groups is 1. The minimum absolute atomic E-state index is 0.0880. The van der Waals surface area contributed by atoms with Gasteiger partial charge in [-0.15, -0.1) is 0 Å². The zero-order valence-corrected chi connectivity index (χ0v) is 16.2. The monoisotopic (exact) mass is 403 g/mol. The molecule has 152 valence electrons. The lowest BCUT2D eigenvalue weighted by Crippen LogP contribution is -2.49. The SMILES string of the molecule is O=C1NC(=O)C(Cn2cccc(CO)c2=O)(c2ccc(Cc3ccccc3)cc2)N1. The quantitative estimate of drug-likeness (QED) is 0.545. The van der Waals surface area contributed by atoms with Crippen LogP contribution in [0.4, 0.5) is 4.79 Å². The summed E-state index contributed by atoms with van der Waals surface area (Å²) in [6, 6.07) is 20.0. The molecule has 1 unspecified atom stereocenters. The number of aromatic nitrogens is 1. The number of carbonyl (C=O) groups excluding carboxylic acids is 2. The highest BCUT2D eigenvalue weighted by atomic mass is 16.3. The number of hydrogen-bond donors (Lipinski definition) is 3. The molecule has 1 saturated heterocycles. The van der Waals surface area contributed by atoms with Gasteiger partial charge >= 0.3 is 6.03 Å². The fourth-order valence-corrected chi connectivity index (χ4v) is 3.72. The number of pyridine rings is 1. The van der Waals surface area contributed by atoms with Crippen molar-refractivity contribution in [3.63, 3.8) is 0 Å². The van der Waals surface area contributed by atoms with Crippen LogP contribution in [0, 0.1) is 0 Å². The Bertz CT molecular complexity index is 1140. The van der Waals surface area contributed by atoms with Gasteiger partial charge in [0.25, 0.3) is 11.5 Å². The molecular formula is C23H21N3O4. The third-order valence-electron chi connectivity index (χ3n) is 5.32. The summed E-state index contributed by atoms with van der Waals surface area (Å²) in [4.78, 5) is 37.3. The van der Waals surface area contributed by atoms with E-state index in [9.17, 15) is 19.5 Å². The van der Waals surface area contributed by atoms with Gasteiger partial charge in [-0.3, -0.25) is 14.9 Å². The minimum atomic E-state index is -1.42. The van der Waals surface area contributed by atoms with E-state index in [1.807, 2.05) is 42.5 Å². The highest BCUT2D eigenvalue weighted by molar-refractivity contribution is 6.07. The molecule has 4 rings (SSSR count). The number of aliphatic hydroxyl groups excluding tert-OH is 1. The van der Waals surface area contributed by atoms with Crippen LogP contribution >= 0.6 is 0 Å². The van der Waals surface area contributed by atoms with Crippen molar-refractivity contribution in [1.82, 2.24) is 15.2 Å². The molecule has 2 aromatic carbocycles. The van der Waals surface area contributed by atoms with Gasteiger partial charge in [-0.25, -0.2) is 4.79 Å². The van der Waals surface area contributed by atoms with Gasteiger partial charge in [0, 0.05) is 11.8 Å². The molecule has 7 heteroatoms. The van der Waals surface area contributed by atoms with Crippen LogP contribution in [0.15, 0.2) is 77.7 Å². The molecule has 1 aromatic heterocycles. The number of imide groups is 1. The Kier molecular flexibility index (Phi) is 5.20. The molecule has 1 fully saturated rings. The standard InChI is InChI=1S/C23H21N3O4/c27-14-18-7-4-12-26(20(18)28)15-23(21(29)24-22(30)25-23)19-10-8-17(9-11-19)13-16-5-2-1-3-6-16/h1-12,27H,13-15H2,(H2,24,25,29,30). The van der Waals surface area contributed by atoms with Gasteiger partial charge < -0.3 is 15.0 Å². The van der Waals surface area contributed by atoms with Crippen LogP contribution < -0.4 is 16.2 Å². The molecule has 1 aliphatic heterocycles. The van der Waals surface area contributed by atoms with Crippen molar-refractivity contribution in [3.05, 3.63) is 106 Å². The summed E-state index contributed by atoms with van der Waals surface area (Å²) < 4.78 is 1.33. The number of nitrogens with one attached hydrogen (secondary N) is 2. The maximum Gasteiger partial charge on any atom is 0.322 e. The van der Waals surface area contributed by atoms with E-state index in [1.54, 1.807) is 18.2 Å². The van der Waals surface area contributed by atoms with Gasteiger partial charge in [0.15, 0.2) is 5.54 Å². The van der Waals surface area contributed by atoms with Gasteiger partial charge in [0.1, 0.15) is 0 Å². The Morgan fingerprint density at radius 1 is 0.867 bits per heavy atom. The second-order valence-corrected chi connectivity index (χ2v) is 7.30. The van der Waals surface area contributed by atoms with Crippen molar-refractivity contribution in [3.8, 4) is 0 Å². The van der Waals surface area contributed by atoms with E-state index in [0.717, 1.165) is 12.0 Å². The number of rotatable bonds is 6. The Morgan fingerprint density at radius 2 is 1.57 bits per heavy atom. The van der Waals surface area contributed by atoms with Crippen LogP contribution in [-0.2, 0) is 29.9 Å². The first kappa shape index (κ1) is 19.6. The predicted octanol–water partition coefficient (Wildman–Crippen LogP) is 1.67. The number of carbonyl (C=O) groups is 2. The van der Waals surface area contributed by atoms with Crippen LogP contribution in [0.3, 0.4) is 0 Å². The van der Waals surface area contributed by atoms with E-state index in [1.165, 1.54) is 22.4 Å². The highest BCUT2D eigenvalue weighted by Crippen LogP contribution is 2.27. The van der Waals surface area contributed by atoms with Crippen molar-refractivity contribution in [2.45, 2.75) is 25.1 Å². The lowest BCUT2D eigenvalue weighted by Gasteiger charge is -2.27. The molecule has 30 heavy (non-hydrogen) atoms. The first-order valence-corrected chi connectivity index (χ1v) is 9.58. The topological polar surface area (TPSA) is 100 Å². The Hall–Kier alpha value is -3.71. The van der Waals surface area contributed by atoms with Crippen LogP contribution in [0.25, 0.3) is 0 Å². The van der Waals surface area contributed by atoms with Gasteiger partial charge in [0.2, 0.25) is 0 Å². The average molecular weight is 403 g/mol. The summed E-state index contributed by atoms with van der Waals surface area (Å²) in [5.74, 6) is -0.524. The Labute approximate surface area is 173 Å². The van der Waals surface area contributed by atoms with Gasteiger partial charge in [-0.2, -0.15) is 0 Å². The second-order valence-electron chi connectivity index (χ2n) is 7.30.